The monoisotopic (exact) mass is 257 g/mol. The molecule has 1 heterocycles. The fourth-order valence-corrected chi connectivity index (χ4v) is 3.21. The van der Waals surface area contributed by atoms with E-state index in [2.05, 4.69) is 36.0 Å². The summed E-state index contributed by atoms with van der Waals surface area (Å²) in [6.07, 6.45) is 5.13. The fourth-order valence-electron chi connectivity index (χ4n) is 2.30. The molecule has 1 aromatic heterocycles. The Bertz CT molecular complexity index is 397. The molecule has 0 aromatic carbocycles. The fraction of sp³-hybridized carbons (Fsp3) is 0.818. The first-order chi connectivity index (χ1) is 7.48. The Hall–Kier alpha value is -0.420. The van der Waals surface area contributed by atoms with Crippen LogP contribution in [0, 0.1) is 9.37 Å². The summed E-state index contributed by atoms with van der Waals surface area (Å²) in [6.45, 7) is 4.73. The zero-order valence-corrected chi connectivity index (χ0v) is 11.7. The highest BCUT2D eigenvalue weighted by atomic mass is 32.1. The van der Waals surface area contributed by atoms with Gasteiger partial charge in [0.1, 0.15) is 0 Å². The van der Waals surface area contributed by atoms with E-state index < -0.39 is 0 Å². The topological polar surface area (TPSA) is 31.9 Å². The van der Waals surface area contributed by atoms with Crippen LogP contribution in [0.1, 0.15) is 39.5 Å². The second-order valence-corrected chi connectivity index (χ2v) is 7.05. The van der Waals surface area contributed by atoms with E-state index in [1.54, 1.807) is 11.3 Å². The van der Waals surface area contributed by atoms with E-state index in [1.165, 1.54) is 25.7 Å². The molecule has 1 aliphatic rings. The van der Waals surface area contributed by atoms with Gasteiger partial charge in [0.05, 0.1) is 0 Å². The highest BCUT2D eigenvalue weighted by molar-refractivity contribution is 7.73. The predicted molar refractivity (Wildman–Crippen MR) is 71.7 cm³/mol. The second kappa shape index (κ2) is 4.45. The Kier molecular flexibility index (Phi) is 3.35. The molecule has 3 nitrogen and oxygen atoms in total. The van der Waals surface area contributed by atoms with Crippen molar-refractivity contribution in [2.45, 2.75) is 45.6 Å². The first-order valence-electron chi connectivity index (χ1n) is 5.76. The van der Waals surface area contributed by atoms with Crippen LogP contribution in [0.2, 0.25) is 0 Å². The molecular weight excluding hydrogens is 238 g/mol. The van der Waals surface area contributed by atoms with Gasteiger partial charge in [-0.05, 0) is 43.3 Å². The minimum Gasteiger partial charge on any atom is -0.347 e. The molecule has 0 aliphatic heterocycles. The number of hydrogen-bond donors (Lipinski definition) is 1. The summed E-state index contributed by atoms with van der Waals surface area (Å²) in [5.41, 5.74) is 0.523. The molecule has 0 spiro atoms. The molecule has 2 rings (SSSR count). The molecule has 1 aliphatic carbocycles. The van der Waals surface area contributed by atoms with E-state index in [0.717, 1.165) is 9.09 Å². The van der Waals surface area contributed by atoms with Gasteiger partial charge in [0, 0.05) is 13.1 Å². The quantitative estimate of drug-likeness (QED) is 0.821. The molecule has 0 radical (unpaired) electrons. The third-order valence-corrected chi connectivity index (χ3v) is 4.76. The molecule has 5 heteroatoms. The van der Waals surface area contributed by atoms with Crippen molar-refractivity contribution in [2.75, 3.05) is 11.9 Å². The summed E-state index contributed by atoms with van der Waals surface area (Å²) in [5, 5.41) is 8.11. The largest absolute Gasteiger partial charge is 0.347 e. The Morgan fingerprint density at radius 1 is 1.44 bits per heavy atom. The van der Waals surface area contributed by atoms with Crippen molar-refractivity contribution < 1.29 is 0 Å². The van der Waals surface area contributed by atoms with Gasteiger partial charge in [-0.15, -0.1) is 5.10 Å². The summed E-state index contributed by atoms with van der Waals surface area (Å²) in [6, 6.07) is 0.627. The molecule has 16 heavy (non-hydrogen) atoms. The van der Waals surface area contributed by atoms with Crippen LogP contribution in [0.3, 0.4) is 0 Å². The number of hydrogen-bond acceptors (Lipinski definition) is 4. The van der Waals surface area contributed by atoms with Gasteiger partial charge in [-0.1, -0.05) is 25.2 Å². The number of aromatic nitrogens is 2. The van der Waals surface area contributed by atoms with E-state index >= 15 is 0 Å². The average Bonchev–Trinajstić information content (AvgIpc) is 2.64. The molecule has 0 bridgehead atoms. The Balaban J connectivity index is 2.02. The van der Waals surface area contributed by atoms with Crippen molar-refractivity contribution in [1.29, 1.82) is 0 Å². The van der Waals surface area contributed by atoms with Gasteiger partial charge in [-0.2, -0.15) is 0 Å². The minimum absolute atomic E-state index is 0.523. The zero-order chi connectivity index (χ0) is 11.8. The van der Waals surface area contributed by atoms with Gasteiger partial charge in [0.2, 0.25) is 5.13 Å². The summed E-state index contributed by atoms with van der Waals surface area (Å²) >= 11 is 6.63. The van der Waals surface area contributed by atoms with Crippen molar-refractivity contribution >= 4 is 28.7 Å². The van der Waals surface area contributed by atoms with Crippen LogP contribution in [0.4, 0.5) is 5.13 Å². The molecule has 0 unspecified atom stereocenters. The second-order valence-electron chi connectivity index (χ2n) is 5.40. The number of aromatic amines is 1. The van der Waals surface area contributed by atoms with Gasteiger partial charge in [0.25, 0.3) is 0 Å². The van der Waals surface area contributed by atoms with Gasteiger partial charge >= 0.3 is 0 Å². The van der Waals surface area contributed by atoms with Crippen LogP contribution >= 0.6 is 23.6 Å². The molecule has 1 saturated carbocycles. The smallest absolute Gasteiger partial charge is 0.206 e. The highest BCUT2D eigenvalue weighted by Gasteiger charge is 2.29. The molecule has 1 N–H and O–H groups in total. The first-order valence-corrected chi connectivity index (χ1v) is 6.99. The van der Waals surface area contributed by atoms with E-state index in [9.17, 15) is 0 Å². The summed E-state index contributed by atoms with van der Waals surface area (Å²) in [4.78, 5) is 2.28. The lowest BCUT2D eigenvalue weighted by Crippen LogP contribution is -2.37. The first kappa shape index (κ1) is 12.0. The molecule has 0 atom stereocenters. The van der Waals surface area contributed by atoms with Crippen molar-refractivity contribution in [3.8, 4) is 0 Å². The summed E-state index contributed by atoms with van der Waals surface area (Å²) in [5.74, 6) is 0. The van der Waals surface area contributed by atoms with Crippen LogP contribution in [0.25, 0.3) is 0 Å². The summed E-state index contributed by atoms with van der Waals surface area (Å²) in [7, 11) is 2.13. The third-order valence-electron chi connectivity index (χ3n) is 3.58. The van der Waals surface area contributed by atoms with Gasteiger partial charge in [0.15, 0.2) is 3.95 Å². The lowest BCUT2D eigenvalue weighted by molar-refractivity contribution is 0.222. The Morgan fingerprint density at radius 2 is 2.06 bits per heavy atom. The van der Waals surface area contributed by atoms with Crippen LogP contribution in [-0.4, -0.2) is 23.3 Å². The summed E-state index contributed by atoms with van der Waals surface area (Å²) < 4.78 is 0.762. The lowest BCUT2D eigenvalue weighted by Gasteiger charge is -2.38. The maximum atomic E-state index is 5.06. The Morgan fingerprint density at radius 3 is 2.56 bits per heavy atom. The standard InChI is InChI=1S/C11H19N3S2/c1-11(2)6-4-8(5-7-11)14(3)9-12-13-10(15)16-9/h8H,4-7H2,1-3H3,(H,13,15). The maximum absolute atomic E-state index is 5.06. The molecule has 0 amide bonds. The van der Waals surface area contributed by atoms with Crippen molar-refractivity contribution in [2.24, 2.45) is 5.41 Å². The Labute approximate surface area is 106 Å². The van der Waals surface area contributed by atoms with Crippen molar-refractivity contribution in [3.05, 3.63) is 3.95 Å². The number of nitrogens with zero attached hydrogens (tertiary/aromatic N) is 2. The molecular formula is C11H19N3S2. The van der Waals surface area contributed by atoms with E-state index in [0.29, 0.717) is 11.5 Å². The maximum Gasteiger partial charge on any atom is 0.206 e. The van der Waals surface area contributed by atoms with E-state index in [-0.39, 0.29) is 0 Å². The van der Waals surface area contributed by atoms with Gasteiger partial charge in [-0.3, -0.25) is 5.10 Å². The number of rotatable bonds is 2. The van der Waals surface area contributed by atoms with Crippen LogP contribution in [-0.2, 0) is 0 Å². The SMILES string of the molecule is CN(c1n[nH]c(=S)s1)C1CCC(C)(C)CC1. The minimum atomic E-state index is 0.523. The van der Waals surface area contributed by atoms with Crippen LogP contribution in [0.15, 0.2) is 0 Å². The van der Waals surface area contributed by atoms with Crippen molar-refractivity contribution in [1.82, 2.24) is 10.2 Å². The van der Waals surface area contributed by atoms with Crippen LogP contribution < -0.4 is 4.90 Å². The number of H-pyrrole nitrogens is 1. The van der Waals surface area contributed by atoms with Crippen molar-refractivity contribution in [3.63, 3.8) is 0 Å². The van der Waals surface area contributed by atoms with Gasteiger partial charge < -0.3 is 4.90 Å². The van der Waals surface area contributed by atoms with Crippen LogP contribution in [0.5, 0.6) is 0 Å². The molecule has 1 fully saturated rings. The zero-order valence-electron chi connectivity index (χ0n) is 10.1. The predicted octanol–water partition coefficient (Wildman–Crippen LogP) is 3.61. The lowest BCUT2D eigenvalue weighted by atomic mass is 9.75. The molecule has 1 aromatic rings. The number of anilines is 1. The van der Waals surface area contributed by atoms with Gasteiger partial charge in [-0.25, -0.2) is 0 Å². The molecule has 90 valence electrons. The van der Waals surface area contributed by atoms with E-state index in [1.807, 2.05) is 0 Å². The molecule has 0 saturated heterocycles. The third kappa shape index (κ3) is 2.63. The van der Waals surface area contributed by atoms with E-state index in [4.69, 9.17) is 12.2 Å². The average molecular weight is 257 g/mol. The number of nitrogens with one attached hydrogen (secondary N) is 1. The normalized spacial score (nSPS) is 20.9. The highest BCUT2D eigenvalue weighted by Crippen LogP contribution is 2.37.